The minimum absolute atomic E-state index is 0.419. The molecule has 1 aromatic heterocycles. The second-order valence-corrected chi connectivity index (χ2v) is 6.27. The summed E-state index contributed by atoms with van der Waals surface area (Å²) in [5.41, 5.74) is 0.0239. The SMILES string of the molecule is CCCn1ncc(OC)c1C1(O)CC(C)N(C2CC2)C1. The molecule has 1 saturated carbocycles. The van der Waals surface area contributed by atoms with E-state index in [0.717, 1.165) is 25.1 Å². The van der Waals surface area contributed by atoms with Crippen molar-refractivity contribution in [3.63, 3.8) is 0 Å². The smallest absolute Gasteiger partial charge is 0.162 e. The molecule has 1 aromatic rings. The quantitative estimate of drug-likeness (QED) is 0.892. The van der Waals surface area contributed by atoms with Gasteiger partial charge in [0, 0.05) is 25.2 Å². The van der Waals surface area contributed by atoms with E-state index in [1.54, 1.807) is 13.3 Å². The van der Waals surface area contributed by atoms with Crippen LogP contribution in [0.25, 0.3) is 0 Å². The largest absolute Gasteiger partial charge is 0.493 e. The Morgan fingerprint density at radius 3 is 2.85 bits per heavy atom. The van der Waals surface area contributed by atoms with Crippen molar-refractivity contribution in [2.24, 2.45) is 0 Å². The number of hydrogen-bond donors (Lipinski definition) is 1. The van der Waals surface area contributed by atoms with Gasteiger partial charge in [-0.3, -0.25) is 9.58 Å². The maximum atomic E-state index is 11.2. The third-order valence-electron chi connectivity index (χ3n) is 4.56. The third-order valence-corrected chi connectivity index (χ3v) is 4.56. The molecule has 0 aromatic carbocycles. The summed E-state index contributed by atoms with van der Waals surface area (Å²) in [6.07, 6.45) is 6.02. The molecule has 0 radical (unpaired) electrons. The van der Waals surface area contributed by atoms with Crippen LogP contribution in [-0.4, -0.2) is 45.5 Å². The molecular weight excluding hydrogens is 254 g/mol. The molecule has 5 nitrogen and oxygen atoms in total. The standard InChI is InChI=1S/C15H25N3O2/c1-4-7-18-14(13(20-3)9-16-18)15(19)8-11(2)17(10-15)12-5-6-12/h9,11-12,19H,4-8,10H2,1-3H3. The van der Waals surface area contributed by atoms with Crippen LogP contribution in [0.1, 0.15) is 45.2 Å². The maximum Gasteiger partial charge on any atom is 0.162 e. The van der Waals surface area contributed by atoms with Gasteiger partial charge in [0.1, 0.15) is 11.3 Å². The van der Waals surface area contributed by atoms with E-state index in [2.05, 4.69) is 23.8 Å². The number of hydrogen-bond acceptors (Lipinski definition) is 4. The van der Waals surface area contributed by atoms with Crippen LogP contribution in [0.2, 0.25) is 0 Å². The van der Waals surface area contributed by atoms with Crippen molar-refractivity contribution in [3.8, 4) is 5.75 Å². The molecule has 2 fully saturated rings. The molecule has 2 aliphatic rings. The van der Waals surface area contributed by atoms with Gasteiger partial charge >= 0.3 is 0 Å². The monoisotopic (exact) mass is 279 g/mol. The first-order chi connectivity index (χ1) is 9.59. The highest BCUT2D eigenvalue weighted by molar-refractivity contribution is 5.33. The van der Waals surface area contributed by atoms with Crippen molar-refractivity contribution in [3.05, 3.63) is 11.9 Å². The average Bonchev–Trinajstić information content (AvgIpc) is 3.09. The zero-order chi connectivity index (χ0) is 14.3. The van der Waals surface area contributed by atoms with Gasteiger partial charge < -0.3 is 9.84 Å². The number of aromatic nitrogens is 2. The summed E-state index contributed by atoms with van der Waals surface area (Å²) >= 11 is 0. The fourth-order valence-electron chi connectivity index (χ4n) is 3.56. The number of methoxy groups -OCH3 is 1. The zero-order valence-electron chi connectivity index (χ0n) is 12.7. The van der Waals surface area contributed by atoms with Crippen LogP contribution >= 0.6 is 0 Å². The molecule has 2 atom stereocenters. The van der Waals surface area contributed by atoms with Crippen LogP contribution in [0.3, 0.4) is 0 Å². The lowest BCUT2D eigenvalue weighted by atomic mass is 9.96. The third kappa shape index (κ3) is 2.23. The number of β-amino-alcohol motifs (C(OH)–C–C–N with tert-alkyl or cyclic N) is 1. The number of aliphatic hydroxyl groups is 1. The molecule has 2 heterocycles. The lowest BCUT2D eigenvalue weighted by Crippen LogP contribution is -2.35. The van der Waals surface area contributed by atoms with E-state index >= 15 is 0 Å². The highest BCUT2D eigenvalue weighted by Gasteiger charge is 2.49. The van der Waals surface area contributed by atoms with E-state index in [1.807, 2.05) is 4.68 Å². The van der Waals surface area contributed by atoms with Gasteiger partial charge in [0.25, 0.3) is 0 Å². The van der Waals surface area contributed by atoms with E-state index in [9.17, 15) is 5.11 Å². The first-order valence-corrected chi connectivity index (χ1v) is 7.67. The maximum absolute atomic E-state index is 11.2. The molecule has 1 aliphatic heterocycles. The molecule has 2 unspecified atom stereocenters. The van der Waals surface area contributed by atoms with Crippen molar-refractivity contribution in [1.29, 1.82) is 0 Å². The Kier molecular flexibility index (Phi) is 3.50. The van der Waals surface area contributed by atoms with Gasteiger partial charge in [-0.15, -0.1) is 0 Å². The Morgan fingerprint density at radius 2 is 2.25 bits per heavy atom. The second-order valence-electron chi connectivity index (χ2n) is 6.27. The molecule has 112 valence electrons. The van der Waals surface area contributed by atoms with E-state index < -0.39 is 5.60 Å². The molecule has 1 aliphatic carbocycles. The van der Waals surface area contributed by atoms with Crippen LogP contribution in [0.5, 0.6) is 5.75 Å². The molecule has 3 rings (SSSR count). The summed E-state index contributed by atoms with van der Waals surface area (Å²) in [5.74, 6) is 0.714. The molecule has 1 saturated heterocycles. The Morgan fingerprint density at radius 1 is 1.50 bits per heavy atom. The fourth-order valence-corrected chi connectivity index (χ4v) is 3.56. The number of likely N-dealkylation sites (tertiary alicyclic amines) is 1. The van der Waals surface area contributed by atoms with Crippen molar-refractivity contribution < 1.29 is 9.84 Å². The first-order valence-electron chi connectivity index (χ1n) is 7.67. The lowest BCUT2D eigenvalue weighted by Gasteiger charge is -2.25. The predicted molar refractivity (Wildman–Crippen MR) is 76.8 cm³/mol. The van der Waals surface area contributed by atoms with Gasteiger partial charge in [-0.1, -0.05) is 6.92 Å². The van der Waals surface area contributed by atoms with Gasteiger partial charge in [-0.05, 0) is 32.6 Å². The van der Waals surface area contributed by atoms with E-state index in [0.29, 0.717) is 24.4 Å². The van der Waals surface area contributed by atoms with Gasteiger partial charge in [0.2, 0.25) is 0 Å². The van der Waals surface area contributed by atoms with Gasteiger partial charge in [-0.2, -0.15) is 5.10 Å². The van der Waals surface area contributed by atoms with Gasteiger partial charge in [-0.25, -0.2) is 0 Å². The van der Waals surface area contributed by atoms with E-state index in [1.165, 1.54) is 12.8 Å². The molecule has 20 heavy (non-hydrogen) atoms. The summed E-state index contributed by atoms with van der Waals surface area (Å²) in [6, 6.07) is 1.09. The van der Waals surface area contributed by atoms with Crippen LogP contribution in [0.15, 0.2) is 6.20 Å². The van der Waals surface area contributed by atoms with Crippen molar-refractivity contribution in [2.45, 2.75) is 63.8 Å². The van der Waals surface area contributed by atoms with Crippen molar-refractivity contribution in [2.75, 3.05) is 13.7 Å². The van der Waals surface area contributed by atoms with E-state index in [-0.39, 0.29) is 0 Å². The number of aryl methyl sites for hydroxylation is 1. The van der Waals surface area contributed by atoms with Crippen LogP contribution in [-0.2, 0) is 12.1 Å². The summed E-state index contributed by atoms with van der Waals surface area (Å²) < 4.78 is 7.35. The normalized spacial score (nSPS) is 30.9. The molecule has 1 N–H and O–H groups in total. The van der Waals surface area contributed by atoms with Crippen molar-refractivity contribution in [1.82, 2.24) is 14.7 Å². The van der Waals surface area contributed by atoms with Crippen LogP contribution in [0, 0.1) is 0 Å². The number of nitrogens with zero attached hydrogens (tertiary/aromatic N) is 3. The summed E-state index contributed by atoms with van der Waals surface area (Å²) in [5, 5.41) is 15.6. The Hall–Kier alpha value is -1.07. The molecule has 5 heteroatoms. The van der Waals surface area contributed by atoms with E-state index in [4.69, 9.17) is 4.74 Å². The fraction of sp³-hybridized carbons (Fsp3) is 0.800. The summed E-state index contributed by atoms with van der Waals surface area (Å²) in [7, 11) is 1.65. The second kappa shape index (κ2) is 5.04. The Labute approximate surface area is 120 Å². The highest BCUT2D eigenvalue weighted by Crippen LogP contribution is 2.44. The minimum atomic E-state index is -0.834. The Bertz CT molecular complexity index is 483. The van der Waals surface area contributed by atoms with Gasteiger partial charge in [0.15, 0.2) is 5.75 Å². The zero-order valence-corrected chi connectivity index (χ0v) is 12.7. The number of ether oxygens (including phenoxy) is 1. The minimum Gasteiger partial charge on any atom is -0.493 e. The number of rotatable bonds is 5. The molecule has 0 amide bonds. The summed E-state index contributed by atoms with van der Waals surface area (Å²) in [6.45, 7) is 5.85. The first kappa shape index (κ1) is 13.9. The highest BCUT2D eigenvalue weighted by atomic mass is 16.5. The topological polar surface area (TPSA) is 50.5 Å². The molecule has 0 bridgehead atoms. The van der Waals surface area contributed by atoms with Crippen LogP contribution < -0.4 is 4.74 Å². The van der Waals surface area contributed by atoms with Crippen LogP contribution in [0.4, 0.5) is 0 Å². The summed E-state index contributed by atoms with van der Waals surface area (Å²) in [4.78, 5) is 2.45. The van der Waals surface area contributed by atoms with Gasteiger partial charge in [0.05, 0.1) is 13.3 Å². The predicted octanol–water partition coefficient (Wildman–Crippen LogP) is 1.75. The average molecular weight is 279 g/mol. The molecular formula is C15H25N3O2. The Balaban J connectivity index is 1.92. The van der Waals surface area contributed by atoms with Crippen molar-refractivity contribution >= 4 is 0 Å². The molecule has 0 spiro atoms. The lowest BCUT2D eigenvalue weighted by molar-refractivity contribution is 0.0335.